The average molecular weight is 376 g/mol. The zero-order valence-corrected chi connectivity index (χ0v) is 16.1. The Hall–Kier alpha value is -2.95. The van der Waals surface area contributed by atoms with Gasteiger partial charge in [-0.15, -0.1) is 0 Å². The van der Waals surface area contributed by atoms with E-state index in [1.54, 1.807) is 13.0 Å². The zero-order valence-electron chi connectivity index (χ0n) is 16.1. The number of hydrogen-bond acceptors (Lipinski definition) is 4. The normalized spacial score (nSPS) is 14.6. The van der Waals surface area contributed by atoms with E-state index in [0.29, 0.717) is 29.1 Å². The monoisotopic (exact) mass is 376 g/mol. The molecular formula is C23H25FN4. The smallest absolute Gasteiger partial charge is 0.225 e. The van der Waals surface area contributed by atoms with Crippen LogP contribution in [0.2, 0.25) is 0 Å². The molecular weight excluding hydrogens is 351 g/mol. The predicted molar refractivity (Wildman–Crippen MR) is 112 cm³/mol. The number of nitrogens with zero attached hydrogens (tertiary/aromatic N) is 2. The molecule has 0 bridgehead atoms. The molecule has 0 aliphatic heterocycles. The van der Waals surface area contributed by atoms with Crippen molar-refractivity contribution < 1.29 is 4.39 Å². The number of nitrogens with one attached hydrogen (secondary N) is 2. The van der Waals surface area contributed by atoms with Gasteiger partial charge in [0.1, 0.15) is 11.6 Å². The predicted octanol–water partition coefficient (Wildman–Crippen LogP) is 6.08. The van der Waals surface area contributed by atoms with Crippen molar-refractivity contribution in [1.29, 1.82) is 0 Å². The van der Waals surface area contributed by atoms with E-state index in [4.69, 9.17) is 4.98 Å². The third-order valence-corrected chi connectivity index (χ3v) is 5.26. The minimum Gasteiger partial charge on any atom is -0.351 e. The van der Waals surface area contributed by atoms with Gasteiger partial charge in [0.05, 0.1) is 5.69 Å². The standard InChI is InChI=1S/C23H25FN4/c1-16-19(24)13-8-14-20(16)26-22-15-21(17-9-4-2-5-10-17)27-23(28-22)25-18-11-6-3-7-12-18/h2,4-5,8-10,13-15,18H,3,6-7,11-12H2,1H3,(H2,25,26,27,28). The third kappa shape index (κ3) is 4.30. The summed E-state index contributed by atoms with van der Waals surface area (Å²) in [5, 5.41) is 6.78. The molecule has 1 heterocycles. The van der Waals surface area contributed by atoms with E-state index >= 15 is 0 Å². The van der Waals surface area contributed by atoms with Gasteiger partial charge in [-0.05, 0) is 31.9 Å². The Bertz CT molecular complexity index is 937. The molecule has 0 atom stereocenters. The van der Waals surface area contributed by atoms with Gasteiger partial charge in [-0.1, -0.05) is 55.7 Å². The van der Waals surface area contributed by atoms with Crippen LogP contribution in [0.3, 0.4) is 0 Å². The molecule has 4 rings (SSSR count). The summed E-state index contributed by atoms with van der Waals surface area (Å²) >= 11 is 0. The van der Waals surface area contributed by atoms with E-state index in [1.165, 1.54) is 25.3 Å². The van der Waals surface area contributed by atoms with Gasteiger partial charge in [0, 0.05) is 28.9 Å². The Morgan fingerprint density at radius 1 is 0.929 bits per heavy atom. The van der Waals surface area contributed by atoms with Gasteiger partial charge in [-0.3, -0.25) is 0 Å². The van der Waals surface area contributed by atoms with Gasteiger partial charge in [0.25, 0.3) is 0 Å². The molecule has 2 N–H and O–H groups in total. The molecule has 0 unspecified atom stereocenters. The lowest BCUT2D eigenvalue weighted by atomic mass is 9.96. The lowest BCUT2D eigenvalue weighted by Crippen LogP contribution is -2.23. The molecule has 0 spiro atoms. The highest BCUT2D eigenvalue weighted by Gasteiger charge is 2.16. The van der Waals surface area contributed by atoms with Crippen molar-refractivity contribution in [3.8, 4) is 11.3 Å². The SMILES string of the molecule is Cc1c(F)cccc1Nc1cc(-c2ccccc2)nc(NC2CCCCC2)n1. The van der Waals surface area contributed by atoms with Crippen molar-refractivity contribution in [2.24, 2.45) is 0 Å². The number of halogens is 1. The summed E-state index contributed by atoms with van der Waals surface area (Å²) in [5.41, 5.74) is 3.14. The quantitative estimate of drug-likeness (QED) is 0.567. The fraction of sp³-hybridized carbons (Fsp3) is 0.304. The van der Waals surface area contributed by atoms with Crippen LogP contribution >= 0.6 is 0 Å². The number of hydrogen-bond donors (Lipinski definition) is 2. The van der Waals surface area contributed by atoms with Gasteiger partial charge in [0.15, 0.2) is 0 Å². The van der Waals surface area contributed by atoms with E-state index in [-0.39, 0.29) is 5.82 Å². The zero-order chi connectivity index (χ0) is 19.3. The molecule has 1 aliphatic carbocycles. The number of aromatic nitrogens is 2. The first-order valence-corrected chi connectivity index (χ1v) is 9.92. The van der Waals surface area contributed by atoms with Crippen LogP contribution in [0.5, 0.6) is 0 Å². The summed E-state index contributed by atoms with van der Waals surface area (Å²) in [4.78, 5) is 9.41. The maximum Gasteiger partial charge on any atom is 0.225 e. The average Bonchev–Trinajstić information content (AvgIpc) is 2.73. The lowest BCUT2D eigenvalue weighted by molar-refractivity contribution is 0.461. The van der Waals surface area contributed by atoms with Crippen molar-refractivity contribution in [2.45, 2.75) is 45.1 Å². The van der Waals surface area contributed by atoms with E-state index < -0.39 is 0 Å². The highest BCUT2D eigenvalue weighted by molar-refractivity contribution is 5.68. The van der Waals surface area contributed by atoms with Crippen LogP contribution in [-0.2, 0) is 0 Å². The van der Waals surface area contributed by atoms with E-state index in [2.05, 4.69) is 15.6 Å². The third-order valence-electron chi connectivity index (χ3n) is 5.26. The Morgan fingerprint density at radius 3 is 2.50 bits per heavy atom. The first-order valence-electron chi connectivity index (χ1n) is 9.92. The lowest BCUT2D eigenvalue weighted by Gasteiger charge is -2.23. The largest absolute Gasteiger partial charge is 0.351 e. The molecule has 144 valence electrons. The van der Waals surface area contributed by atoms with Crippen LogP contribution < -0.4 is 10.6 Å². The minimum atomic E-state index is -0.233. The highest BCUT2D eigenvalue weighted by atomic mass is 19.1. The summed E-state index contributed by atoms with van der Waals surface area (Å²) in [6.07, 6.45) is 6.07. The molecule has 0 saturated heterocycles. The van der Waals surface area contributed by atoms with E-state index in [0.717, 1.165) is 24.1 Å². The summed E-state index contributed by atoms with van der Waals surface area (Å²) in [5.74, 6) is 1.04. The van der Waals surface area contributed by atoms with Gasteiger partial charge in [-0.2, -0.15) is 4.98 Å². The first-order chi connectivity index (χ1) is 13.7. The van der Waals surface area contributed by atoms with Crippen molar-refractivity contribution in [1.82, 2.24) is 9.97 Å². The van der Waals surface area contributed by atoms with Crippen LogP contribution in [0.4, 0.5) is 21.8 Å². The van der Waals surface area contributed by atoms with Crippen LogP contribution in [0.25, 0.3) is 11.3 Å². The first kappa shape index (κ1) is 18.4. The summed E-state index contributed by atoms with van der Waals surface area (Å²) in [6.45, 7) is 1.76. The van der Waals surface area contributed by atoms with Crippen molar-refractivity contribution >= 4 is 17.5 Å². The fourth-order valence-corrected chi connectivity index (χ4v) is 3.64. The van der Waals surface area contributed by atoms with Crippen LogP contribution in [0, 0.1) is 12.7 Å². The molecule has 0 radical (unpaired) electrons. The number of anilines is 3. The molecule has 1 aromatic heterocycles. The van der Waals surface area contributed by atoms with Crippen molar-refractivity contribution in [2.75, 3.05) is 10.6 Å². The maximum absolute atomic E-state index is 13.9. The van der Waals surface area contributed by atoms with Gasteiger partial charge >= 0.3 is 0 Å². The molecule has 5 heteroatoms. The molecule has 28 heavy (non-hydrogen) atoms. The Balaban J connectivity index is 1.68. The fourth-order valence-electron chi connectivity index (χ4n) is 3.64. The van der Waals surface area contributed by atoms with Crippen molar-refractivity contribution in [3.05, 3.63) is 66.0 Å². The van der Waals surface area contributed by atoms with Gasteiger partial charge in [-0.25, -0.2) is 9.37 Å². The molecule has 1 saturated carbocycles. The van der Waals surface area contributed by atoms with Gasteiger partial charge < -0.3 is 10.6 Å². The molecule has 1 fully saturated rings. The van der Waals surface area contributed by atoms with Crippen molar-refractivity contribution in [3.63, 3.8) is 0 Å². The maximum atomic E-state index is 13.9. The molecule has 4 nitrogen and oxygen atoms in total. The number of benzene rings is 2. The number of rotatable bonds is 5. The Kier molecular flexibility index (Phi) is 5.51. The molecule has 0 amide bonds. The van der Waals surface area contributed by atoms with E-state index in [1.807, 2.05) is 42.5 Å². The Morgan fingerprint density at radius 2 is 1.71 bits per heavy atom. The molecule has 3 aromatic rings. The van der Waals surface area contributed by atoms with Crippen LogP contribution in [0.1, 0.15) is 37.7 Å². The highest BCUT2D eigenvalue weighted by Crippen LogP contribution is 2.27. The Labute approximate surface area is 165 Å². The summed E-state index contributed by atoms with van der Waals surface area (Å²) < 4.78 is 13.9. The summed E-state index contributed by atoms with van der Waals surface area (Å²) in [7, 11) is 0. The van der Waals surface area contributed by atoms with Crippen LogP contribution in [-0.4, -0.2) is 16.0 Å². The second-order valence-corrected chi connectivity index (χ2v) is 7.34. The minimum absolute atomic E-state index is 0.233. The second kappa shape index (κ2) is 8.38. The van der Waals surface area contributed by atoms with Gasteiger partial charge in [0.2, 0.25) is 5.95 Å². The second-order valence-electron chi connectivity index (χ2n) is 7.34. The molecule has 1 aliphatic rings. The summed E-state index contributed by atoms with van der Waals surface area (Å²) in [6, 6.07) is 17.4. The van der Waals surface area contributed by atoms with E-state index in [9.17, 15) is 4.39 Å². The molecule has 2 aromatic carbocycles. The van der Waals surface area contributed by atoms with Crippen LogP contribution in [0.15, 0.2) is 54.6 Å². The topological polar surface area (TPSA) is 49.8 Å².